The number of piperidine rings is 1. The highest BCUT2D eigenvalue weighted by Crippen LogP contribution is 2.25. The molecule has 2 unspecified atom stereocenters. The van der Waals surface area contributed by atoms with Crippen molar-refractivity contribution in [3.63, 3.8) is 0 Å². The molecular formula is C17H22ClN3O2. The predicted molar refractivity (Wildman–Crippen MR) is 91.9 cm³/mol. The van der Waals surface area contributed by atoms with Crippen LogP contribution in [0, 0.1) is 6.92 Å². The summed E-state index contributed by atoms with van der Waals surface area (Å²) in [4.78, 5) is 12.7. The first-order valence-electron chi connectivity index (χ1n) is 7.72. The Kier molecular flexibility index (Phi) is 5.80. The standard InChI is InChI=1S/C17H21N3O2.ClH/c1-11-14(9-6-10-18-11)19-17(21)15-12(2)22-20-16(15)13-7-4-3-5-8-13;/h3-5,7-8,11,14,18H,6,9-10H2,1-2H3,(H,19,21);1H. The summed E-state index contributed by atoms with van der Waals surface area (Å²) in [6.45, 7) is 4.88. The second-order valence-corrected chi connectivity index (χ2v) is 5.79. The van der Waals surface area contributed by atoms with Crippen LogP contribution in [0.3, 0.4) is 0 Å². The van der Waals surface area contributed by atoms with E-state index < -0.39 is 0 Å². The average Bonchev–Trinajstić information content (AvgIpc) is 2.92. The zero-order chi connectivity index (χ0) is 15.5. The highest BCUT2D eigenvalue weighted by molar-refractivity contribution is 6.00. The fourth-order valence-electron chi connectivity index (χ4n) is 2.91. The van der Waals surface area contributed by atoms with Crippen molar-refractivity contribution in [1.82, 2.24) is 15.8 Å². The third-order valence-electron chi connectivity index (χ3n) is 4.22. The summed E-state index contributed by atoms with van der Waals surface area (Å²) < 4.78 is 5.26. The summed E-state index contributed by atoms with van der Waals surface area (Å²) >= 11 is 0. The first kappa shape index (κ1) is 17.5. The van der Waals surface area contributed by atoms with Crippen molar-refractivity contribution in [2.24, 2.45) is 0 Å². The second-order valence-electron chi connectivity index (χ2n) is 5.79. The van der Waals surface area contributed by atoms with E-state index in [0.29, 0.717) is 17.0 Å². The average molecular weight is 336 g/mol. The van der Waals surface area contributed by atoms with E-state index in [4.69, 9.17) is 4.52 Å². The molecule has 2 aromatic rings. The van der Waals surface area contributed by atoms with E-state index in [1.54, 1.807) is 6.92 Å². The van der Waals surface area contributed by atoms with E-state index >= 15 is 0 Å². The topological polar surface area (TPSA) is 67.2 Å². The van der Waals surface area contributed by atoms with Gasteiger partial charge in [0, 0.05) is 17.6 Å². The van der Waals surface area contributed by atoms with Crippen LogP contribution in [0.25, 0.3) is 11.3 Å². The van der Waals surface area contributed by atoms with Gasteiger partial charge in [-0.2, -0.15) is 0 Å². The van der Waals surface area contributed by atoms with Crippen molar-refractivity contribution >= 4 is 18.3 Å². The maximum Gasteiger partial charge on any atom is 0.257 e. The van der Waals surface area contributed by atoms with Crippen molar-refractivity contribution in [2.45, 2.75) is 38.8 Å². The van der Waals surface area contributed by atoms with Gasteiger partial charge in [0.25, 0.3) is 5.91 Å². The van der Waals surface area contributed by atoms with Crippen molar-refractivity contribution in [1.29, 1.82) is 0 Å². The Morgan fingerprint density at radius 2 is 2.09 bits per heavy atom. The number of hydrogen-bond acceptors (Lipinski definition) is 4. The Balaban J connectivity index is 0.00000192. The van der Waals surface area contributed by atoms with Gasteiger partial charge in [0.1, 0.15) is 17.0 Å². The number of nitrogens with zero attached hydrogens (tertiary/aromatic N) is 1. The molecule has 5 nitrogen and oxygen atoms in total. The fraction of sp³-hybridized carbons (Fsp3) is 0.412. The molecule has 3 rings (SSSR count). The van der Waals surface area contributed by atoms with Gasteiger partial charge in [-0.25, -0.2) is 0 Å². The first-order valence-corrected chi connectivity index (χ1v) is 7.72. The summed E-state index contributed by atoms with van der Waals surface area (Å²) in [6.07, 6.45) is 2.06. The smallest absolute Gasteiger partial charge is 0.257 e. The number of rotatable bonds is 3. The van der Waals surface area contributed by atoms with Crippen molar-refractivity contribution in [3.8, 4) is 11.3 Å². The minimum Gasteiger partial charge on any atom is -0.360 e. The molecule has 1 aromatic carbocycles. The second kappa shape index (κ2) is 7.62. The Labute approximate surface area is 142 Å². The van der Waals surface area contributed by atoms with Crippen LogP contribution in [-0.2, 0) is 0 Å². The number of hydrogen-bond donors (Lipinski definition) is 2. The molecule has 0 spiro atoms. The van der Waals surface area contributed by atoms with Gasteiger partial charge >= 0.3 is 0 Å². The molecule has 0 radical (unpaired) electrons. The summed E-state index contributed by atoms with van der Waals surface area (Å²) in [7, 11) is 0. The molecule has 1 aliphatic heterocycles. The van der Waals surface area contributed by atoms with Gasteiger partial charge in [-0.1, -0.05) is 35.5 Å². The van der Waals surface area contributed by atoms with Crippen LogP contribution in [0.15, 0.2) is 34.9 Å². The van der Waals surface area contributed by atoms with E-state index in [1.807, 2.05) is 30.3 Å². The summed E-state index contributed by atoms with van der Waals surface area (Å²) in [5, 5.41) is 10.6. The quantitative estimate of drug-likeness (QED) is 0.905. The predicted octanol–water partition coefficient (Wildman–Crippen LogP) is 2.94. The maximum atomic E-state index is 12.7. The highest BCUT2D eigenvalue weighted by atomic mass is 35.5. The zero-order valence-electron chi connectivity index (χ0n) is 13.3. The Hall–Kier alpha value is -1.85. The molecule has 23 heavy (non-hydrogen) atoms. The van der Waals surface area contributed by atoms with Crippen LogP contribution in [0.5, 0.6) is 0 Å². The van der Waals surface area contributed by atoms with Crippen molar-refractivity contribution in [3.05, 3.63) is 41.7 Å². The van der Waals surface area contributed by atoms with Gasteiger partial charge in [0.2, 0.25) is 0 Å². The molecule has 0 bridgehead atoms. The number of carbonyl (C=O) groups is 1. The van der Waals surface area contributed by atoms with Crippen LogP contribution in [0.4, 0.5) is 0 Å². The molecule has 1 saturated heterocycles. The van der Waals surface area contributed by atoms with Crippen molar-refractivity contribution < 1.29 is 9.32 Å². The maximum absolute atomic E-state index is 12.7. The molecule has 124 valence electrons. The SMILES string of the molecule is Cc1onc(-c2ccccc2)c1C(=O)NC1CCCNC1C.Cl. The lowest BCUT2D eigenvalue weighted by molar-refractivity contribution is 0.0919. The molecule has 1 amide bonds. The molecule has 1 aromatic heterocycles. The Morgan fingerprint density at radius 1 is 1.35 bits per heavy atom. The lowest BCUT2D eigenvalue weighted by atomic mass is 9.98. The number of halogens is 1. The lowest BCUT2D eigenvalue weighted by Crippen LogP contribution is -2.52. The number of carbonyl (C=O) groups excluding carboxylic acids is 1. The number of amides is 1. The van der Waals surface area contributed by atoms with Crippen LogP contribution in [0.1, 0.15) is 35.9 Å². The van der Waals surface area contributed by atoms with Gasteiger partial charge < -0.3 is 15.2 Å². The minimum absolute atomic E-state index is 0. The van der Waals surface area contributed by atoms with Crippen LogP contribution >= 0.6 is 12.4 Å². The fourth-order valence-corrected chi connectivity index (χ4v) is 2.91. The zero-order valence-corrected chi connectivity index (χ0v) is 14.2. The molecule has 2 N–H and O–H groups in total. The monoisotopic (exact) mass is 335 g/mol. The number of aryl methyl sites for hydroxylation is 1. The van der Waals surface area contributed by atoms with Gasteiger partial charge in [-0.3, -0.25) is 4.79 Å². The molecule has 0 aliphatic carbocycles. The Bertz CT molecular complexity index is 657. The normalized spacial score (nSPS) is 20.6. The Morgan fingerprint density at radius 3 is 2.78 bits per heavy atom. The van der Waals surface area contributed by atoms with E-state index in [1.165, 1.54) is 0 Å². The lowest BCUT2D eigenvalue weighted by Gasteiger charge is -2.30. The summed E-state index contributed by atoms with van der Waals surface area (Å²) in [5.74, 6) is 0.436. The highest BCUT2D eigenvalue weighted by Gasteiger charge is 2.27. The summed E-state index contributed by atoms with van der Waals surface area (Å²) in [5.41, 5.74) is 2.02. The molecule has 1 aliphatic rings. The minimum atomic E-state index is -0.113. The third-order valence-corrected chi connectivity index (χ3v) is 4.22. The van der Waals surface area contributed by atoms with Gasteiger partial charge in [-0.05, 0) is 33.2 Å². The number of benzene rings is 1. The number of nitrogens with one attached hydrogen (secondary N) is 2. The van der Waals surface area contributed by atoms with E-state index in [0.717, 1.165) is 24.9 Å². The van der Waals surface area contributed by atoms with E-state index in [-0.39, 0.29) is 30.4 Å². The van der Waals surface area contributed by atoms with Crippen LogP contribution in [-0.4, -0.2) is 29.7 Å². The van der Waals surface area contributed by atoms with Gasteiger partial charge in [0.15, 0.2) is 0 Å². The first-order chi connectivity index (χ1) is 10.7. The largest absolute Gasteiger partial charge is 0.360 e. The number of aromatic nitrogens is 1. The van der Waals surface area contributed by atoms with Gasteiger partial charge in [-0.15, -0.1) is 12.4 Å². The van der Waals surface area contributed by atoms with Crippen LogP contribution < -0.4 is 10.6 Å². The molecule has 6 heteroatoms. The molecule has 2 heterocycles. The molecule has 2 atom stereocenters. The van der Waals surface area contributed by atoms with Crippen molar-refractivity contribution in [2.75, 3.05) is 6.54 Å². The molecular weight excluding hydrogens is 314 g/mol. The van der Waals surface area contributed by atoms with E-state index in [2.05, 4.69) is 22.7 Å². The summed E-state index contributed by atoms with van der Waals surface area (Å²) in [6, 6.07) is 10.1. The third kappa shape index (κ3) is 3.74. The van der Waals surface area contributed by atoms with Gasteiger partial charge in [0.05, 0.1) is 0 Å². The van der Waals surface area contributed by atoms with E-state index in [9.17, 15) is 4.79 Å². The molecule has 1 fully saturated rings. The molecule has 0 saturated carbocycles. The van der Waals surface area contributed by atoms with Crippen LogP contribution in [0.2, 0.25) is 0 Å².